The van der Waals surface area contributed by atoms with Gasteiger partial charge in [-0.1, -0.05) is 6.92 Å². The zero-order valence-corrected chi connectivity index (χ0v) is 11.1. The second-order valence-corrected chi connectivity index (χ2v) is 4.89. The monoisotopic (exact) mass is 291 g/mol. The highest BCUT2D eigenvalue weighted by molar-refractivity contribution is 5.30. The Morgan fingerprint density at radius 3 is 2.70 bits per heavy atom. The van der Waals surface area contributed by atoms with E-state index in [2.05, 4.69) is 5.32 Å². The number of hydrogen-bond donors (Lipinski definition) is 1. The van der Waals surface area contributed by atoms with Gasteiger partial charge in [-0.05, 0) is 31.2 Å². The van der Waals surface area contributed by atoms with Crippen molar-refractivity contribution in [3.63, 3.8) is 0 Å². The summed E-state index contributed by atoms with van der Waals surface area (Å²) in [6.07, 6.45) is -3.75. The van der Waals surface area contributed by atoms with Gasteiger partial charge in [0.1, 0.15) is 5.82 Å². The maximum atomic E-state index is 13.9. The van der Waals surface area contributed by atoms with Crippen LogP contribution in [-0.2, 0) is 10.9 Å². The molecule has 0 radical (unpaired) electrons. The number of halogens is 4. The van der Waals surface area contributed by atoms with Crippen LogP contribution in [0.25, 0.3) is 0 Å². The predicted molar refractivity (Wildman–Crippen MR) is 66.7 cm³/mol. The Kier molecular flexibility index (Phi) is 4.65. The predicted octanol–water partition coefficient (Wildman–Crippen LogP) is 3.53. The van der Waals surface area contributed by atoms with Crippen molar-refractivity contribution in [2.75, 3.05) is 19.8 Å². The van der Waals surface area contributed by atoms with E-state index < -0.39 is 23.6 Å². The molecule has 1 aliphatic heterocycles. The lowest BCUT2D eigenvalue weighted by Gasteiger charge is -2.25. The summed E-state index contributed by atoms with van der Waals surface area (Å²) in [6.45, 7) is 3.39. The van der Waals surface area contributed by atoms with Gasteiger partial charge in [-0.25, -0.2) is 4.39 Å². The van der Waals surface area contributed by atoms with Gasteiger partial charge in [0.05, 0.1) is 12.2 Å². The van der Waals surface area contributed by atoms with E-state index in [4.69, 9.17) is 4.74 Å². The highest BCUT2D eigenvalue weighted by Crippen LogP contribution is 2.35. The van der Waals surface area contributed by atoms with Gasteiger partial charge in [0.2, 0.25) is 0 Å². The molecule has 2 nitrogen and oxygen atoms in total. The Balaban J connectivity index is 2.36. The van der Waals surface area contributed by atoms with Gasteiger partial charge >= 0.3 is 6.18 Å². The molecule has 0 spiro atoms. The molecule has 0 saturated carbocycles. The summed E-state index contributed by atoms with van der Waals surface area (Å²) in [5, 5.41) is 3.07. The van der Waals surface area contributed by atoms with Crippen LogP contribution in [0.5, 0.6) is 0 Å². The van der Waals surface area contributed by atoms with E-state index in [9.17, 15) is 17.6 Å². The maximum Gasteiger partial charge on any atom is 0.416 e. The van der Waals surface area contributed by atoms with Gasteiger partial charge in [-0.2, -0.15) is 13.2 Å². The van der Waals surface area contributed by atoms with Crippen molar-refractivity contribution in [1.82, 2.24) is 5.32 Å². The van der Waals surface area contributed by atoms with Crippen LogP contribution in [0.2, 0.25) is 0 Å². The molecular formula is C14H17F4NO. The van der Waals surface area contributed by atoms with E-state index >= 15 is 0 Å². The average Bonchev–Trinajstić information content (AvgIpc) is 2.89. The lowest BCUT2D eigenvalue weighted by Crippen LogP contribution is -2.29. The number of nitrogens with one attached hydrogen (secondary N) is 1. The molecule has 1 aliphatic rings. The number of alkyl halides is 3. The van der Waals surface area contributed by atoms with Crippen molar-refractivity contribution < 1.29 is 22.3 Å². The minimum atomic E-state index is -4.47. The van der Waals surface area contributed by atoms with Crippen molar-refractivity contribution >= 4 is 0 Å². The van der Waals surface area contributed by atoms with Crippen molar-refractivity contribution in [1.29, 1.82) is 0 Å². The van der Waals surface area contributed by atoms with Gasteiger partial charge in [-0.15, -0.1) is 0 Å². The lowest BCUT2D eigenvalue weighted by atomic mass is 9.91. The average molecular weight is 291 g/mol. The first-order chi connectivity index (χ1) is 9.43. The molecule has 2 atom stereocenters. The van der Waals surface area contributed by atoms with Crippen LogP contribution in [0.15, 0.2) is 18.2 Å². The third kappa shape index (κ3) is 3.30. The zero-order valence-electron chi connectivity index (χ0n) is 11.1. The van der Waals surface area contributed by atoms with Crippen molar-refractivity contribution in [2.24, 2.45) is 5.92 Å². The van der Waals surface area contributed by atoms with E-state index in [0.717, 1.165) is 18.2 Å². The van der Waals surface area contributed by atoms with Crippen molar-refractivity contribution in [3.05, 3.63) is 35.1 Å². The van der Waals surface area contributed by atoms with Crippen molar-refractivity contribution in [3.8, 4) is 0 Å². The summed E-state index contributed by atoms with van der Waals surface area (Å²) in [5.41, 5.74) is -0.757. The Morgan fingerprint density at radius 2 is 2.15 bits per heavy atom. The fourth-order valence-electron chi connectivity index (χ4n) is 2.52. The minimum Gasteiger partial charge on any atom is -0.381 e. The van der Waals surface area contributed by atoms with E-state index in [1.807, 2.05) is 6.92 Å². The molecule has 1 fully saturated rings. The third-order valence-corrected chi connectivity index (χ3v) is 3.52. The van der Waals surface area contributed by atoms with Crippen LogP contribution in [0.1, 0.15) is 30.5 Å². The summed E-state index contributed by atoms with van der Waals surface area (Å²) in [7, 11) is 0. The van der Waals surface area contributed by atoms with E-state index in [1.165, 1.54) is 0 Å². The number of ether oxygens (including phenoxy) is 1. The maximum absolute atomic E-state index is 13.9. The Labute approximate surface area is 115 Å². The summed E-state index contributed by atoms with van der Waals surface area (Å²) in [6, 6.07) is 2.11. The fraction of sp³-hybridized carbons (Fsp3) is 0.571. The molecule has 0 aromatic heterocycles. The molecule has 1 heterocycles. The van der Waals surface area contributed by atoms with E-state index in [-0.39, 0.29) is 11.5 Å². The van der Waals surface area contributed by atoms with Crippen LogP contribution >= 0.6 is 0 Å². The molecule has 112 valence electrons. The van der Waals surface area contributed by atoms with Crippen LogP contribution in [0.4, 0.5) is 17.6 Å². The second kappa shape index (κ2) is 6.10. The summed E-state index contributed by atoms with van der Waals surface area (Å²) >= 11 is 0. The van der Waals surface area contributed by atoms with Gasteiger partial charge in [-0.3, -0.25) is 0 Å². The quantitative estimate of drug-likeness (QED) is 0.857. The third-order valence-electron chi connectivity index (χ3n) is 3.52. The van der Waals surface area contributed by atoms with Gasteiger partial charge in [0, 0.05) is 24.1 Å². The smallest absolute Gasteiger partial charge is 0.381 e. The number of benzene rings is 1. The molecule has 1 N–H and O–H groups in total. The highest BCUT2D eigenvalue weighted by atomic mass is 19.4. The SMILES string of the molecule is CCNC(c1cc(C(F)(F)F)ccc1F)C1CCOC1. The van der Waals surface area contributed by atoms with Crippen molar-refractivity contribution in [2.45, 2.75) is 25.6 Å². The van der Waals surface area contributed by atoms with Crippen LogP contribution in [0, 0.1) is 11.7 Å². The van der Waals surface area contributed by atoms with Crippen LogP contribution in [0.3, 0.4) is 0 Å². The standard InChI is InChI=1S/C14H17F4NO/c1-2-19-13(9-5-6-20-8-9)11-7-10(14(16,17)18)3-4-12(11)15/h3-4,7,9,13,19H,2,5-6,8H2,1H3. The molecule has 2 rings (SSSR count). The molecule has 0 amide bonds. The second-order valence-electron chi connectivity index (χ2n) is 4.89. The molecule has 20 heavy (non-hydrogen) atoms. The summed E-state index contributed by atoms with van der Waals surface area (Å²) in [5.74, 6) is -0.621. The molecular weight excluding hydrogens is 274 g/mol. The largest absolute Gasteiger partial charge is 0.416 e. The first-order valence-electron chi connectivity index (χ1n) is 6.61. The van der Waals surface area contributed by atoms with Gasteiger partial charge in [0.25, 0.3) is 0 Å². The van der Waals surface area contributed by atoms with E-state index in [1.54, 1.807) is 0 Å². The minimum absolute atomic E-state index is 0.00654. The fourth-order valence-corrected chi connectivity index (χ4v) is 2.52. The normalized spacial score (nSPS) is 21.1. The number of rotatable bonds is 4. The molecule has 0 bridgehead atoms. The van der Waals surface area contributed by atoms with E-state index in [0.29, 0.717) is 26.2 Å². The zero-order chi connectivity index (χ0) is 14.8. The molecule has 6 heteroatoms. The van der Waals surface area contributed by atoms with Crippen LogP contribution < -0.4 is 5.32 Å². The number of hydrogen-bond acceptors (Lipinski definition) is 2. The first kappa shape index (κ1) is 15.3. The topological polar surface area (TPSA) is 21.3 Å². The Bertz CT molecular complexity index is 455. The molecule has 1 aromatic rings. The first-order valence-corrected chi connectivity index (χ1v) is 6.61. The molecule has 2 unspecified atom stereocenters. The summed E-state index contributed by atoms with van der Waals surface area (Å²) < 4.78 is 57.5. The lowest BCUT2D eigenvalue weighted by molar-refractivity contribution is -0.137. The molecule has 1 saturated heterocycles. The van der Waals surface area contributed by atoms with Gasteiger partial charge in [0.15, 0.2) is 0 Å². The van der Waals surface area contributed by atoms with Crippen LogP contribution in [-0.4, -0.2) is 19.8 Å². The Hall–Kier alpha value is -1.14. The Morgan fingerprint density at radius 1 is 1.40 bits per heavy atom. The molecule has 1 aromatic carbocycles. The molecule has 0 aliphatic carbocycles. The van der Waals surface area contributed by atoms with Gasteiger partial charge < -0.3 is 10.1 Å². The summed E-state index contributed by atoms with van der Waals surface area (Å²) in [4.78, 5) is 0. The highest BCUT2D eigenvalue weighted by Gasteiger charge is 2.34.